The van der Waals surface area contributed by atoms with Crippen molar-refractivity contribution in [1.82, 2.24) is 14.3 Å². The average Bonchev–Trinajstić information content (AvgIpc) is 3.16. The summed E-state index contributed by atoms with van der Waals surface area (Å²) in [5.74, 6) is 1.58. The molecule has 1 aliphatic heterocycles. The van der Waals surface area contributed by atoms with E-state index in [0.717, 1.165) is 55.0 Å². The lowest BCUT2D eigenvalue weighted by atomic mass is 9.94. The van der Waals surface area contributed by atoms with Crippen molar-refractivity contribution in [3.63, 3.8) is 0 Å². The molecule has 4 rings (SSSR count). The highest BCUT2D eigenvalue weighted by molar-refractivity contribution is 7.89. The molecule has 0 spiro atoms. The standard InChI is InChI=1S/C25H33N5O4S/c1-25(2,3)23-29-21-14-18(4-9-22(21)30(23)16-17-10-12-34-13-11-17)15-27-35(32,33)20-7-5-19(6-8-20)28-24(26)31/h4-9,14,17,27H,10-13,15-16H2,1-3H3,(H3,26,28,31). The second kappa shape index (κ2) is 9.96. The number of carbonyl (C=O) groups is 1. The number of primary amides is 1. The molecule has 2 aromatic carbocycles. The predicted octanol–water partition coefficient (Wildman–Crippen LogP) is 3.73. The SMILES string of the molecule is CC(C)(C)c1nc2cc(CNS(=O)(=O)c3ccc(NC(N)=O)cc3)ccc2n1CC1CCOCC1. The van der Waals surface area contributed by atoms with Gasteiger partial charge in [0.15, 0.2) is 0 Å². The highest BCUT2D eigenvalue weighted by Crippen LogP contribution is 2.30. The van der Waals surface area contributed by atoms with Crippen molar-refractivity contribution < 1.29 is 17.9 Å². The number of hydrogen-bond acceptors (Lipinski definition) is 5. The summed E-state index contributed by atoms with van der Waals surface area (Å²) >= 11 is 0. The Bertz CT molecular complexity index is 1300. The molecule has 0 radical (unpaired) electrons. The van der Waals surface area contributed by atoms with E-state index in [0.29, 0.717) is 11.6 Å². The number of amides is 2. The van der Waals surface area contributed by atoms with Crippen LogP contribution in [-0.2, 0) is 33.3 Å². The Balaban J connectivity index is 1.53. The van der Waals surface area contributed by atoms with Crippen LogP contribution >= 0.6 is 0 Å². The molecule has 0 unspecified atom stereocenters. The summed E-state index contributed by atoms with van der Waals surface area (Å²) in [5.41, 5.74) is 8.14. The number of nitrogens with two attached hydrogens (primary N) is 1. The number of urea groups is 1. The molecule has 2 amide bonds. The van der Waals surface area contributed by atoms with Gasteiger partial charge in [0.05, 0.1) is 15.9 Å². The van der Waals surface area contributed by atoms with E-state index >= 15 is 0 Å². The number of imidazole rings is 1. The first-order valence-electron chi connectivity index (χ1n) is 11.8. The van der Waals surface area contributed by atoms with Crippen LogP contribution in [0, 0.1) is 5.92 Å². The minimum Gasteiger partial charge on any atom is -0.381 e. The van der Waals surface area contributed by atoms with Gasteiger partial charge in [0.25, 0.3) is 0 Å². The van der Waals surface area contributed by atoms with Crippen molar-refractivity contribution in [1.29, 1.82) is 0 Å². The van der Waals surface area contributed by atoms with Crippen LogP contribution in [0.25, 0.3) is 11.0 Å². The monoisotopic (exact) mass is 499 g/mol. The number of rotatable bonds is 7. The second-order valence-corrected chi connectivity index (χ2v) is 11.8. The normalized spacial score (nSPS) is 15.4. The quantitative estimate of drug-likeness (QED) is 0.456. The number of anilines is 1. The summed E-state index contributed by atoms with van der Waals surface area (Å²) in [6.45, 7) is 9.12. The third-order valence-electron chi connectivity index (χ3n) is 6.16. The van der Waals surface area contributed by atoms with Crippen molar-refractivity contribution in [3.05, 3.63) is 53.9 Å². The zero-order chi connectivity index (χ0) is 25.2. The molecule has 188 valence electrons. The summed E-state index contributed by atoms with van der Waals surface area (Å²) in [7, 11) is -3.73. The van der Waals surface area contributed by atoms with Gasteiger partial charge in [-0.05, 0) is 60.7 Å². The fraction of sp³-hybridized carbons (Fsp3) is 0.440. The number of nitrogens with zero attached hydrogens (tertiary/aromatic N) is 2. The molecular weight excluding hydrogens is 466 g/mol. The van der Waals surface area contributed by atoms with Crippen LogP contribution in [-0.4, -0.2) is 37.2 Å². The van der Waals surface area contributed by atoms with Crippen molar-refractivity contribution in [2.24, 2.45) is 11.7 Å². The number of fused-ring (bicyclic) bond motifs is 1. The summed E-state index contributed by atoms with van der Waals surface area (Å²) in [5, 5.41) is 2.41. The molecule has 1 saturated heterocycles. The zero-order valence-corrected chi connectivity index (χ0v) is 21.2. The Hall–Kier alpha value is -2.95. The first-order chi connectivity index (χ1) is 16.5. The topological polar surface area (TPSA) is 128 Å². The molecule has 1 aromatic heterocycles. The maximum absolute atomic E-state index is 12.8. The predicted molar refractivity (Wildman–Crippen MR) is 136 cm³/mol. The van der Waals surface area contributed by atoms with Gasteiger partial charge in [-0.1, -0.05) is 26.8 Å². The summed E-state index contributed by atoms with van der Waals surface area (Å²) < 4.78 is 36.0. The number of nitrogens with one attached hydrogen (secondary N) is 2. The van der Waals surface area contributed by atoms with E-state index < -0.39 is 16.1 Å². The van der Waals surface area contributed by atoms with Gasteiger partial charge in [0.1, 0.15) is 5.82 Å². The largest absolute Gasteiger partial charge is 0.381 e. The molecule has 35 heavy (non-hydrogen) atoms. The van der Waals surface area contributed by atoms with E-state index in [-0.39, 0.29) is 16.9 Å². The summed E-state index contributed by atoms with van der Waals surface area (Å²) in [4.78, 5) is 16.0. The molecule has 10 heteroatoms. The van der Waals surface area contributed by atoms with Gasteiger partial charge in [0.2, 0.25) is 10.0 Å². The van der Waals surface area contributed by atoms with Crippen LogP contribution in [0.2, 0.25) is 0 Å². The first-order valence-corrected chi connectivity index (χ1v) is 13.2. The number of benzene rings is 2. The van der Waals surface area contributed by atoms with E-state index in [9.17, 15) is 13.2 Å². The Labute approximate surface area is 206 Å². The minimum atomic E-state index is -3.73. The smallest absolute Gasteiger partial charge is 0.316 e. The molecule has 1 fully saturated rings. The van der Waals surface area contributed by atoms with Crippen LogP contribution in [0.3, 0.4) is 0 Å². The van der Waals surface area contributed by atoms with Crippen LogP contribution in [0.4, 0.5) is 10.5 Å². The zero-order valence-electron chi connectivity index (χ0n) is 20.4. The Morgan fingerprint density at radius 1 is 1.14 bits per heavy atom. The van der Waals surface area contributed by atoms with Gasteiger partial charge in [-0.3, -0.25) is 0 Å². The van der Waals surface area contributed by atoms with Crippen LogP contribution in [0.5, 0.6) is 0 Å². The first kappa shape index (κ1) is 25.2. The van der Waals surface area contributed by atoms with E-state index in [1.807, 2.05) is 18.2 Å². The van der Waals surface area contributed by atoms with Gasteiger partial charge in [-0.25, -0.2) is 22.9 Å². The lowest BCUT2D eigenvalue weighted by Gasteiger charge is -2.26. The molecule has 0 saturated carbocycles. The fourth-order valence-corrected chi connectivity index (χ4v) is 5.37. The molecule has 0 aliphatic carbocycles. The van der Waals surface area contributed by atoms with Crippen LogP contribution in [0.15, 0.2) is 47.4 Å². The summed E-state index contributed by atoms with van der Waals surface area (Å²) in [6.07, 6.45) is 2.09. The van der Waals surface area contributed by atoms with E-state index in [1.54, 1.807) is 0 Å². The molecule has 1 aliphatic rings. The maximum Gasteiger partial charge on any atom is 0.316 e. The van der Waals surface area contributed by atoms with Crippen molar-refractivity contribution in [2.45, 2.75) is 57.0 Å². The Morgan fingerprint density at radius 2 is 1.83 bits per heavy atom. The lowest BCUT2D eigenvalue weighted by molar-refractivity contribution is 0.0611. The third kappa shape index (κ3) is 6.01. The van der Waals surface area contributed by atoms with Crippen molar-refractivity contribution in [3.8, 4) is 0 Å². The van der Waals surface area contributed by atoms with Gasteiger partial charge >= 0.3 is 6.03 Å². The van der Waals surface area contributed by atoms with Crippen LogP contribution < -0.4 is 15.8 Å². The lowest BCUT2D eigenvalue weighted by Crippen LogP contribution is -2.25. The molecule has 0 atom stereocenters. The van der Waals surface area contributed by atoms with Gasteiger partial charge < -0.3 is 20.4 Å². The molecule has 3 aromatic rings. The maximum atomic E-state index is 12.8. The third-order valence-corrected chi connectivity index (χ3v) is 7.58. The second-order valence-electron chi connectivity index (χ2n) is 10.0. The molecule has 2 heterocycles. The van der Waals surface area contributed by atoms with E-state index in [2.05, 4.69) is 35.4 Å². The van der Waals surface area contributed by atoms with Crippen molar-refractivity contribution in [2.75, 3.05) is 18.5 Å². The number of carbonyl (C=O) groups excluding carboxylic acids is 1. The fourth-order valence-electron chi connectivity index (χ4n) is 4.35. The molecule has 0 bridgehead atoms. The average molecular weight is 500 g/mol. The molecular formula is C25H33N5O4S. The number of hydrogen-bond donors (Lipinski definition) is 3. The number of sulfonamides is 1. The van der Waals surface area contributed by atoms with Crippen LogP contribution in [0.1, 0.15) is 45.0 Å². The van der Waals surface area contributed by atoms with E-state index in [1.165, 1.54) is 24.3 Å². The Kier molecular flexibility index (Phi) is 7.16. The van der Waals surface area contributed by atoms with Gasteiger partial charge in [0, 0.05) is 37.4 Å². The van der Waals surface area contributed by atoms with E-state index in [4.69, 9.17) is 15.5 Å². The molecule has 9 nitrogen and oxygen atoms in total. The number of aromatic nitrogens is 2. The van der Waals surface area contributed by atoms with Gasteiger partial charge in [-0.2, -0.15) is 0 Å². The van der Waals surface area contributed by atoms with Crippen molar-refractivity contribution >= 4 is 32.8 Å². The molecule has 4 N–H and O–H groups in total. The van der Waals surface area contributed by atoms with Gasteiger partial charge in [-0.15, -0.1) is 0 Å². The Morgan fingerprint density at radius 3 is 2.46 bits per heavy atom. The highest BCUT2D eigenvalue weighted by atomic mass is 32.2. The number of ether oxygens (including phenoxy) is 1. The highest BCUT2D eigenvalue weighted by Gasteiger charge is 2.25. The minimum absolute atomic E-state index is 0.101. The summed E-state index contributed by atoms with van der Waals surface area (Å²) in [6, 6.07) is 11.0.